The first-order valence-corrected chi connectivity index (χ1v) is 11.6. The molecule has 0 saturated heterocycles. The first-order chi connectivity index (χ1) is 16.5. The number of nitriles is 1. The number of aromatic nitrogens is 3. The van der Waals surface area contributed by atoms with Gasteiger partial charge >= 0.3 is 0 Å². The number of carbonyl (C=O) groups excluding carboxylic acids is 1. The fourth-order valence-electron chi connectivity index (χ4n) is 3.97. The Hall–Kier alpha value is -4.04. The molecule has 34 heavy (non-hydrogen) atoms. The van der Waals surface area contributed by atoms with Crippen LogP contribution in [0.5, 0.6) is 5.75 Å². The molecule has 0 aliphatic heterocycles. The van der Waals surface area contributed by atoms with E-state index in [2.05, 4.69) is 15.5 Å². The smallest absolute Gasteiger partial charge is 0.273 e. The highest BCUT2D eigenvalue weighted by atomic mass is 32.1. The third-order valence-corrected chi connectivity index (χ3v) is 6.69. The molecular formula is C23H22N6O4S. The number of rotatable bonds is 7. The highest BCUT2D eigenvalue weighted by molar-refractivity contribution is 7.15. The number of hydrogen-bond donors (Lipinski definition) is 1. The Morgan fingerprint density at radius 3 is 2.82 bits per heavy atom. The average molecular weight is 479 g/mol. The first kappa shape index (κ1) is 23.1. The van der Waals surface area contributed by atoms with Gasteiger partial charge < -0.3 is 9.30 Å². The van der Waals surface area contributed by atoms with Crippen LogP contribution in [0.2, 0.25) is 0 Å². The van der Waals surface area contributed by atoms with Crippen molar-refractivity contribution in [2.75, 3.05) is 12.4 Å². The van der Waals surface area contributed by atoms with E-state index in [0.29, 0.717) is 22.4 Å². The van der Waals surface area contributed by atoms with E-state index >= 15 is 0 Å². The summed E-state index contributed by atoms with van der Waals surface area (Å²) in [5.41, 5.74) is 0.837. The van der Waals surface area contributed by atoms with E-state index in [0.717, 1.165) is 17.8 Å². The number of methoxy groups -OCH3 is 1. The van der Waals surface area contributed by atoms with Crippen molar-refractivity contribution in [3.8, 4) is 17.5 Å². The number of nitro benzene ring substituents is 1. The zero-order valence-electron chi connectivity index (χ0n) is 18.4. The second kappa shape index (κ2) is 10.3. The quantitative estimate of drug-likeness (QED) is 0.222. The molecule has 174 valence electrons. The summed E-state index contributed by atoms with van der Waals surface area (Å²) in [5.74, 6) is 0.0761. The third-order valence-electron chi connectivity index (χ3n) is 5.69. The van der Waals surface area contributed by atoms with Crippen LogP contribution in [0.25, 0.3) is 11.8 Å². The van der Waals surface area contributed by atoms with Crippen LogP contribution in [0.4, 0.5) is 10.8 Å². The summed E-state index contributed by atoms with van der Waals surface area (Å²) in [5, 5.41) is 33.0. The maximum absolute atomic E-state index is 12.8. The van der Waals surface area contributed by atoms with Gasteiger partial charge in [-0.15, -0.1) is 10.2 Å². The Kier molecular flexibility index (Phi) is 6.98. The fraction of sp³-hybridized carbons (Fsp3) is 0.304. The maximum atomic E-state index is 12.8. The number of carbonyl (C=O) groups is 1. The zero-order valence-corrected chi connectivity index (χ0v) is 19.2. The summed E-state index contributed by atoms with van der Waals surface area (Å²) >= 11 is 1.34. The van der Waals surface area contributed by atoms with Crippen molar-refractivity contribution in [1.82, 2.24) is 14.8 Å². The molecule has 3 aromatic rings. The molecule has 1 aliphatic rings. The van der Waals surface area contributed by atoms with Crippen LogP contribution in [0, 0.1) is 21.4 Å². The van der Waals surface area contributed by atoms with Crippen molar-refractivity contribution >= 4 is 34.1 Å². The molecule has 2 heterocycles. The lowest BCUT2D eigenvalue weighted by Gasteiger charge is -2.18. The standard InChI is InChI=1S/C23H22N6O4S/c1-33-20-13-18(29(31)32)9-10-19(20)28-11-5-8-17(28)12-16(14-24)21(30)25-23-27-26-22(34-23)15-6-3-2-4-7-15/h5,8-13,15H,2-4,6-7H2,1H3,(H,25,27,30)/b16-12-. The van der Waals surface area contributed by atoms with Crippen molar-refractivity contribution < 1.29 is 14.5 Å². The normalized spacial score (nSPS) is 14.4. The molecule has 1 N–H and O–H groups in total. The number of nitro groups is 1. The number of nitrogens with zero attached hydrogens (tertiary/aromatic N) is 5. The van der Waals surface area contributed by atoms with Gasteiger partial charge in [-0.3, -0.25) is 20.2 Å². The van der Waals surface area contributed by atoms with Crippen molar-refractivity contribution in [2.45, 2.75) is 38.0 Å². The largest absolute Gasteiger partial charge is 0.494 e. The van der Waals surface area contributed by atoms with Gasteiger partial charge in [0.1, 0.15) is 22.4 Å². The van der Waals surface area contributed by atoms with Gasteiger partial charge in [0.2, 0.25) is 5.13 Å². The van der Waals surface area contributed by atoms with Gasteiger partial charge in [-0.05, 0) is 37.1 Å². The SMILES string of the molecule is COc1cc([N+](=O)[O-])ccc1-n1cccc1/C=C(/C#N)C(=O)Nc1nnc(C2CCCCC2)s1. The van der Waals surface area contributed by atoms with E-state index < -0.39 is 10.8 Å². The number of amides is 1. The number of ether oxygens (including phenoxy) is 1. The fourth-order valence-corrected chi connectivity index (χ4v) is 4.88. The van der Waals surface area contributed by atoms with Crippen molar-refractivity contribution in [2.24, 2.45) is 0 Å². The molecule has 1 aliphatic carbocycles. The van der Waals surface area contributed by atoms with Crippen LogP contribution in [-0.2, 0) is 4.79 Å². The van der Waals surface area contributed by atoms with Gasteiger partial charge in [0, 0.05) is 23.9 Å². The first-order valence-electron chi connectivity index (χ1n) is 10.8. The van der Waals surface area contributed by atoms with E-state index in [9.17, 15) is 20.2 Å². The lowest BCUT2D eigenvalue weighted by Crippen LogP contribution is -2.13. The lowest BCUT2D eigenvalue weighted by atomic mass is 9.90. The summed E-state index contributed by atoms with van der Waals surface area (Å²) < 4.78 is 7.00. The summed E-state index contributed by atoms with van der Waals surface area (Å²) in [7, 11) is 1.42. The predicted octanol–water partition coefficient (Wildman–Crippen LogP) is 4.84. The topological polar surface area (TPSA) is 136 Å². The second-order valence-corrected chi connectivity index (χ2v) is 8.83. The van der Waals surface area contributed by atoms with Gasteiger partial charge in [0.05, 0.1) is 23.8 Å². The van der Waals surface area contributed by atoms with Gasteiger partial charge in [-0.25, -0.2) is 0 Å². The Bertz CT molecular complexity index is 1280. The molecule has 1 amide bonds. The third kappa shape index (κ3) is 4.97. The summed E-state index contributed by atoms with van der Waals surface area (Å²) in [4.78, 5) is 23.3. The predicted molar refractivity (Wildman–Crippen MR) is 127 cm³/mol. The van der Waals surface area contributed by atoms with Crippen LogP contribution < -0.4 is 10.1 Å². The number of hydrogen-bond acceptors (Lipinski definition) is 8. The van der Waals surface area contributed by atoms with Crippen LogP contribution in [-0.4, -0.2) is 32.7 Å². The second-order valence-electron chi connectivity index (χ2n) is 7.82. The zero-order chi connectivity index (χ0) is 24.1. The molecule has 0 spiro atoms. The van der Waals surface area contributed by atoms with Gasteiger partial charge in [-0.1, -0.05) is 30.6 Å². The summed E-state index contributed by atoms with van der Waals surface area (Å²) in [6.45, 7) is 0. The van der Waals surface area contributed by atoms with E-state index in [1.807, 2.05) is 6.07 Å². The number of nitrogens with one attached hydrogen (secondary N) is 1. The molecule has 10 nitrogen and oxygen atoms in total. The highest BCUT2D eigenvalue weighted by Gasteiger charge is 2.21. The van der Waals surface area contributed by atoms with Crippen LogP contribution in [0.15, 0.2) is 42.1 Å². The van der Waals surface area contributed by atoms with Gasteiger partial charge in [0.25, 0.3) is 11.6 Å². The summed E-state index contributed by atoms with van der Waals surface area (Å²) in [6.07, 6.45) is 8.90. The van der Waals surface area contributed by atoms with Gasteiger partial charge in [-0.2, -0.15) is 5.26 Å². The molecule has 1 saturated carbocycles. The molecule has 2 aromatic heterocycles. The molecule has 1 fully saturated rings. The Morgan fingerprint density at radius 2 is 2.12 bits per heavy atom. The minimum Gasteiger partial charge on any atom is -0.494 e. The molecule has 0 bridgehead atoms. The number of benzene rings is 1. The average Bonchev–Trinajstić information content (AvgIpc) is 3.52. The van der Waals surface area contributed by atoms with Crippen molar-refractivity contribution in [3.05, 3.63) is 62.9 Å². The van der Waals surface area contributed by atoms with Gasteiger partial charge in [0.15, 0.2) is 0 Å². The highest BCUT2D eigenvalue weighted by Crippen LogP contribution is 2.35. The molecule has 0 unspecified atom stereocenters. The van der Waals surface area contributed by atoms with E-state index in [4.69, 9.17) is 4.74 Å². The monoisotopic (exact) mass is 478 g/mol. The maximum Gasteiger partial charge on any atom is 0.273 e. The molecule has 4 rings (SSSR count). The minimum absolute atomic E-state index is 0.105. The molecule has 0 atom stereocenters. The van der Waals surface area contributed by atoms with Crippen LogP contribution in [0.1, 0.15) is 48.7 Å². The number of anilines is 1. The molecule has 11 heteroatoms. The lowest BCUT2D eigenvalue weighted by molar-refractivity contribution is -0.384. The summed E-state index contributed by atoms with van der Waals surface area (Å²) in [6, 6.07) is 9.62. The Labute approximate surface area is 199 Å². The van der Waals surface area contributed by atoms with Crippen LogP contribution in [0.3, 0.4) is 0 Å². The Morgan fingerprint density at radius 1 is 1.32 bits per heavy atom. The van der Waals surface area contributed by atoms with E-state index in [1.54, 1.807) is 29.0 Å². The number of non-ortho nitro benzene ring substituents is 1. The molecule has 1 aromatic carbocycles. The van der Waals surface area contributed by atoms with E-state index in [-0.39, 0.29) is 17.0 Å². The molecular weight excluding hydrogens is 456 g/mol. The van der Waals surface area contributed by atoms with Crippen molar-refractivity contribution in [3.63, 3.8) is 0 Å². The molecule has 0 radical (unpaired) electrons. The van der Waals surface area contributed by atoms with Crippen molar-refractivity contribution in [1.29, 1.82) is 5.26 Å². The minimum atomic E-state index is -0.586. The Balaban J connectivity index is 1.56. The van der Waals surface area contributed by atoms with Crippen LogP contribution >= 0.6 is 11.3 Å². The van der Waals surface area contributed by atoms with E-state index in [1.165, 1.54) is 55.9 Å².